The van der Waals surface area contributed by atoms with Gasteiger partial charge < -0.3 is 4.74 Å². The number of hydrazine groups is 1. The number of para-hydroxylation sites is 1. The Balaban J connectivity index is 1.64. The molecule has 0 aliphatic carbocycles. The molecule has 0 radical (unpaired) electrons. The summed E-state index contributed by atoms with van der Waals surface area (Å²) in [7, 11) is 0. The van der Waals surface area contributed by atoms with E-state index in [1.165, 1.54) is 11.3 Å². The van der Waals surface area contributed by atoms with E-state index in [4.69, 9.17) is 4.74 Å². The van der Waals surface area contributed by atoms with Crippen LogP contribution >= 0.6 is 11.3 Å². The number of carbonyl (C=O) groups excluding carboxylic acids is 1. The van der Waals surface area contributed by atoms with Gasteiger partial charge in [-0.25, -0.2) is 9.69 Å². The Bertz CT molecular complexity index is 865. The van der Waals surface area contributed by atoms with E-state index < -0.39 is 0 Å². The molecule has 7 heteroatoms. The van der Waals surface area contributed by atoms with E-state index >= 15 is 0 Å². The Morgan fingerprint density at radius 3 is 2.75 bits per heavy atom. The van der Waals surface area contributed by atoms with Gasteiger partial charge in [-0.1, -0.05) is 18.2 Å². The highest BCUT2D eigenvalue weighted by Crippen LogP contribution is 2.30. The Hall–Kier alpha value is -2.22. The van der Waals surface area contributed by atoms with Crippen LogP contribution in [0.4, 0.5) is 0 Å². The van der Waals surface area contributed by atoms with Gasteiger partial charge in [-0.05, 0) is 25.1 Å². The molecule has 1 aliphatic heterocycles. The Labute approximate surface area is 143 Å². The van der Waals surface area contributed by atoms with Crippen LogP contribution in [-0.4, -0.2) is 47.0 Å². The van der Waals surface area contributed by atoms with Crippen molar-refractivity contribution in [2.75, 3.05) is 26.3 Å². The van der Waals surface area contributed by atoms with Crippen molar-refractivity contribution >= 4 is 27.5 Å². The Kier molecular flexibility index (Phi) is 4.05. The number of morpholine rings is 1. The second-order valence-corrected chi connectivity index (χ2v) is 6.73. The van der Waals surface area contributed by atoms with Crippen molar-refractivity contribution in [2.45, 2.75) is 6.92 Å². The maximum atomic E-state index is 12.5. The fourth-order valence-corrected chi connectivity index (χ4v) is 3.85. The fraction of sp³-hybridized carbons (Fsp3) is 0.294. The maximum Gasteiger partial charge on any atom is 0.275 e. The lowest BCUT2D eigenvalue weighted by Crippen LogP contribution is -2.48. The summed E-state index contributed by atoms with van der Waals surface area (Å²) >= 11 is 1.47. The highest BCUT2D eigenvalue weighted by Gasteiger charge is 2.19. The first kappa shape index (κ1) is 15.3. The predicted octanol–water partition coefficient (Wildman–Crippen LogP) is 2.37. The van der Waals surface area contributed by atoms with Gasteiger partial charge in [-0.3, -0.25) is 10.2 Å². The molecule has 1 aromatic carbocycles. The average Bonchev–Trinajstić information content (AvgIpc) is 3.18. The average molecular weight is 342 g/mol. The molecule has 0 atom stereocenters. The topological polar surface area (TPSA) is 59.4 Å². The Morgan fingerprint density at radius 1 is 1.25 bits per heavy atom. The number of aromatic nitrogens is 2. The third kappa shape index (κ3) is 2.82. The molecule has 1 saturated heterocycles. The minimum Gasteiger partial charge on any atom is -0.379 e. The number of nitrogens with zero attached hydrogens (tertiary/aromatic N) is 3. The molecule has 1 N–H and O–H groups in total. The van der Waals surface area contributed by atoms with Crippen LogP contribution in [0.25, 0.3) is 15.9 Å². The SMILES string of the molecule is Cc1nn(-c2ccccc2)c2sc(C(=O)NN3CCOCC3)cc12. The van der Waals surface area contributed by atoms with Gasteiger partial charge in [0.1, 0.15) is 4.83 Å². The van der Waals surface area contributed by atoms with Crippen LogP contribution in [0.5, 0.6) is 0 Å². The summed E-state index contributed by atoms with van der Waals surface area (Å²) in [6.07, 6.45) is 0. The number of aryl methyl sites for hydroxylation is 1. The molecule has 0 bridgehead atoms. The molecule has 3 heterocycles. The molecular formula is C17H18N4O2S. The fourth-order valence-electron chi connectivity index (χ4n) is 2.78. The lowest BCUT2D eigenvalue weighted by atomic mass is 10.3. The van der Waals surface area contributed by atoms with Gasteiger partial charge in [-0.2, -0.15) is 5.10 Å². The minimum atomic E-state index is -0.0721. The van der Waals surface area contributed by atoms with E-state index in [1.807, 2.05) is 53.0 Å². The smallest absolute Gasteiger partial charge is 0.275 e. The molecule has 1 amide bonds. The van der Waals surface area contributed by atoms with Crippen molar-refractivity contribution in [1.82, 2.24) is 20.2 Å². The first-order valence-electron chi connectivity index (χ1n) is 7.90. The van der Waals surface area contributed by atoms with Gasteiger partial charge in [0.2, 0.25) is 0 Å². The van der Waals surface area contributed by atoms with Crippen molar-refractivity contribution in [2.24, 2.45) is 0 Å². The van der Waals surface area contributed by atoms with E-state index in [-0.39, 0.29) is 5.91 Å². The van der Waals surface area contributed by atoms with Crippen LogP contribution < -0.4 is 5.43 Å². The van der Waals surface area contributed by atoms with Crippen molar-refractivity contribution < 1.29 is 9.53 Å². The number of ether oxygens (including phenoxy) is 1. The van der Waals surface area contributed by atoms with Crippen LogP contribution in [0.1, 0.15) is 15.4 Å². The van der Waals surface area contributed by atoms with E-state index in [0.717, 1.165) is 21.6 Å². The normalized spacial score (nSPS) is 15.7. The van der Waals surface area contributed by atoms with Gasteiger partial charge in [0.15, 0.2) is 0 Å². The lowest BCUT2D eigenvalue weighted by molar-refractivity contribution is 0.0127. The van der Waals surface area contributed by atoms with E-state index in [1.54, 1.807) is 0 Å². The zero-order valence-corrected chi connectivity index (χ0v) is 14.2. The second kappa shape index (κ2) is 6.35. The molecule has 3 aromatic rings. The molecule has 24 heavy (non-hydrogen) atoms. The van der Waals surface area contributed by atoms with Crippen LogP contribution in [0, 0.1) is 6.92 Å². The monoisotopic (exact) mass is 342 g/mol. The second-order valence-electron chi connectivity index (χ2n) is 5.70. The number of thiophene rings is 1. The molecule has 2 aromatic heterocycles. The van der Waals surface area contributed by atoms with Gasteiger partial charge >= 0.3 is 0 Å². The summed E-state index contributed by atoms with van der Waals surface area (Å²) in [5.41, 5.74) is 4.88. The third-order valence-corrected chi connectivity index (χ3v) is 5.15. The summed E-state index contributed by atoms with van der Waals surface area (Å²) in [5, 5.41) is 7.54. The van der Waals surface area contributed by atoms with Crippen LogP contribution in [0.3, 0.4) is 0 Å². The third-order valence-electron chi connectivity index (χ3n) is 4.04. The quantitative estimate of drug-likeness (QED) is 0.794. The number of rotatable bonds is 3. The van der Waals surface area contributed by atoms with Gasteiger partial charge in [0.25, 0.3) is 5.91 Å². The van der Waals surface area contributed by atoms with Crippen molar-refractivity contribution in [3.05, 3.63) is 47.0 Å². The summed E-state index contributed by atoms with van der Waals surface area (Å²) in [5.74, 6) is -0.0721. The molecule has 0 spiro atoms. The highest BCUT2D eigenvalue weighted by atomic mass is 32.1. The van der Waals surface area contributed by atoms with E-state index in [2.05, 4.69) is 10.5 Å². The zero-order valence-electron chi connectivity index (χ0n) is 13.4. The molecule has 1 aliphatic rings. The van der Waals surface area contributed by atoms with Crippen molar-refractivity contribution in [3.8, 4) is 5.69 Å². The first-order chi connectivity index (χ1) is 11.7. The van der Waals surface area contributed by atoms with Gasteiger partial charge in [0, 0.05) is 18.5 Å². The molecule has 1 fully saturated rings. The van der Waals surface area contributed by atoms with Gasteiger partial charge in [-0.15, -0.1) is 11.3 Å². The summed E-state index contributed by atoms with van der Waals surface area (Å²) < 4.78 is 7.20. The zero-order chi connectivity index (χ0) is 16.5. The van der Waals surface area contributed by atoms with Crippen molar-refractivity contribution in [3.63, 3.8) is 0 Å². The van der Waals surface area contributed by atoms with Gasteiger partial charge in [0.05, 0.1) is 29.5 Å². The van der Waals surface area contributed by atoms with Crippen molar-refractivity contribution in [1.29, 1.82) is 0 Å². The van der Waals surface area contributed by atoms with Crippen LogP contribution in [-0.2, 0) is 4.74 Å². The summed E-state index contributed by atoms with van der Waals surface area (Å²) in [4.78, 5) is 14.2. The number of nitrogens with one attached hydrogen (secondary N) is 1. The highest BCUT2D eigenvalue weighted by molar-refractivity contribution is 7.20. The number of carbonyl (C=O) groups is 1. The minimum absolute atomic E-state index is 0.0721. The molecule has 0 unspecified atom stereocenters. The molecule has 6 nitrogen and oxygen atoms in total. The van der Waals surface area contributed by atoms with E-state index in [9.17, 15) is 4.79 Å². The number of amides is 1. The summed E-state index contributed by atoms with van der Waals surface area (Å²) in [6, 6.07) is 11.9. The van der Waals surface area contributed by atoms with E-state index in [0.29, 0.717) is 31.2 Å². The maximum absolute atomic E-state index is 12.5. The van der Waals surface area contributed by atoms with Crippen LogP contribution in [0.15, 0.2) is 36.4 Å². The number of hydrogen-bond acceptors (Lipinski definition) is 5. The molecule has 0 saturated carbocycles. The number of fused-ring (bicyclic) bond motifs is 1. The summed E-state index contributed by atoms with van der Waals surface area (Å²) in [6.45, 7) is 4.70. The predicted molar refractivity (Wildman–Crippen MR) is 93.5 cm³/mol. The molecular weight excluding hydrogens is 324 g/mol. The first-order valence-corrected chi connectivity index (χ1v) is 8.72. The van der Waals surface area contributed by atoms with Crippen LogP contribution in [0.2, 0.25) is 0 Å². The lowest BCUT2D eigenvalue weighted by Gasteiger charge is -2.26. The molecule has 124 valence electrons. The largest absolute Gasteiger partial charge is 0.379 e. The molecule has 4 rings (SSSR count). The number of hydrogen-bond donors (Lipinski definition) is 1. The number of benzene rings is 1. The Morgan fingerprint density at radius 2 is 2.00 bits per heavy atom. The standard InChI is InChI=1S/C17H18N4O2S/c1-12-14-11-15(16(22)19-20-7-9-23-10-8-20)24-17(14)21(18-12)13-5-3-2-4-6-13/h2-6,11H,7-10H2,1H3,(H,19,22).